The van der Waals surface area contributed by atoms with Crippen molar-refractivity contribution in [3.63, 3.8) is 0 Å². The Balaban J connectivity index is 2.32. The topological polar surface area (TPSA) is 52.5 Å². The molecule has 0 atom stereocenters. The van der Waals surface area contributed by atoms with Gasteiger partial charge in [0.1, 0.15) is 0 Å². The van der Waals surface area contributed by atoms with Crippen LogP contribution in [0.4, 0.5) is 0 Å². The predicted octanol–water partition coefficient (Wildman–Crippen LogP) is 2.82. The second-order valence-electron chi connectivity index (χ2n) is 3.66. The van der Waals surface area contributed by atoms with Crippen LogP contribution in [0.5, 0.6) is 0 Å². The first kappa shape index (κ1) is 10.3. The SMILES string of the molecule is N#CCCCn1ccc2ccc(C#N)cc21. The summed E-state index contributed by atoms with van der Waals surface area (Å²) < 4.78 is 2.09. The van der Waals surface area contributed by atoms with Crippen LogP contribution in [-0.4, -0.2) is 4.57 Å². The lowest BCUT2D eigenvalue weighted by Gasteiger charge is -2.03. The number of aryl methyl sites for hydroxylation is 1. The van der Waals surface area contributed by atoms with Gasteiger partial charge in [-0.25, -0.2) is 0 Å². The van der Waals surface area contributed by atoms with Gasteiger partial charge in [-0.15, -0.1) is 0 Å². The van der Waals surface area contributed by atoms with Crippen molar-refractivity contribution < 1.29 is 0 Å². The molecule has 0 unspecified atom stereocenters. The van der Waals surface area contributed by atoms with Crippen LogP contribution in [0.25, 0.3) is 10.9 Å². The highest BCUT2D eigenvalue weighted by atomic mass is 14.9. The summed E-state index contributed by atoms with van der Waals surface area (Å²) in [4.78, 5) is 0. The van der Waals surface area contributed by atoms with Crippen molar-refractivity contribution in [1.82, 2.24) is 4.57 Å². The minimum absolute atomic E-state index is 0.567. The Labute approximate surface area is 94.1 Å². The Kier molecular flexibility index (Phi) is 2.89. The fraction of sp³-hybridized carbons (Fsp3) is 0.231. The molecule has 1 aromatic heterocycles. The number of rotatable bonds is 3. The Hall–Kier alpha value is -2.26. The molecule has 0 saturated carbocycles. The summed E-state index contributed by atoms with van der Waals surface area (Å²) in [6.07, 6.45) is 3.41. The van der Waals surface area contributed by atoms with Crippen molar-refractivity contribution >= 4 is 10.9 Å². The Bertz CT molecular complexity index is 581. The summed E-state index contributed by atoms with van der Waals surface area (Å²) in [6, 6.07) is 12.0. The number of nitriles is 2. The van der Waals surface area contributed by atoms with Gasteiger partial charge in [-0.1, -0.05) is 6.07 Å². The number of hydrogen-bond donors (Lipinski definition) is 0. The molecular formula is C13H11N3. The van der Waals surface area contributed by atoms with E-state index in [1.807, 2.05) is 30.5 Å². The van der Waals surface area contributed by atoms with E-state index in [2.05, 4.69) is 16.7 Å². The molecular weight excluding hydrogens is 198 g/mol. The lowest BCUT2D eigenvalue weighted by molar-refractivity contribution is 0.674. The second kappa shape index (κ2) is 4.51. The molecule has 0 saturated heterocycles. The maximum absolute atomic E-state index is 8.84. The molecule has 0 N–H and O–H groups in total. The van der Waals surface area contributed by atoms with Crippen molar-refractivity contribution in [1.29, 1.82) is 10.5 Å². The second-order valence-corrected chi connectivity index (χ2v) is 3.66. The normalized spacial score (nSPS) is 9.88. The zero-order valence-electron chi connectivity index (χ0n) is 8.85. The maximum atomic E-state index is 8.84. The lowest BCUT2D eigenvalue weighted by atomic mass is 10.2. The van der Waals surface area contributed by atoms with E-state index < -0.39 is 0 Å². The van der Waals surface area contributed by atoms with Crippen LogP contribution < -0.4 is 0 Å². The third-order valence-electron chi connectivity index (χ3n) is 2.59. The molecule has 2 aromatic rings. The zero-order chi connectivity index (χ0) is 11.4. The standard InChI is InChI=1S/C13H11N3/c14-6-1-2-7-16-8-5-12-4-3-11(10-15)9-13(12)16/h3-5,8-9H,1-2,7H2. The van der Waals surface area contributed by atoms with E-state index in [9.17, 15) is 0 Å². The predicted molar refractivity (Wildman–Crippen MR) is 61.5 cm³/mol. The van der Waals surface area contributed by atoms with Gasteiger partial charge in [-0.2, -0.15) is 10.5 Å². The average Bonchev–Trinajstić information content (AvgIpc) is 2.72. The highest BCUT2D eigenvalue weighted by Crippen LogP contribution is 2.17. The van der Waals surface area contributed by atoms with Gasteiger partial charge >= 0.3 is 0 Å². The Morgan fingerprint density at radius 3 is 2.81 bits per heavy atom. The molecule has 16 heavy (non-hydrogen) atoms. The van der Waals surface area contributed by atoms with Gasteiger partial charge < -0.3 is 4.57 Å². The van der Waals surface area contributed by atoms with Crippen LogP contribution in [0.2, 0.25) is 0 Å². The van der Waals surface area contributed by atoms with Gasteiger partial charge in [0, 0.05) is 24.7 Å². The van der Waals surface area contributed by atoms with Crippen molar-refractivity contribution in [3.8, 4) is 12.1 Å². The molecule has 0 bridgehead atoms. The molecule has 2 rings (SSSR count). The maximum Gasteiger partial charge on any atom is 0.0992 e. The Morgan fingerprint density at radius 1 is 1.19 bits per heavy atom. The third-order valence-corrected chi connectivity index (χ3v) is 2.59. The van der Waals surface area contributed by atoms with Crippen LogP contribution in [0.15, 0.2) is 30.5 Å². The van der Waals surface area contributed by atoms with Crippen molar-refractivity contribution in [3.05, 3.63) is 36.0 Å². The molecule has 3 heteroatoms. The summed E-state index contributed by atoms with van der Waals surface area (Å²) in [7, 11) is 0. The molecule has 0 aliphatic heterocycles. The summed E-state index contributed by atoms with van der Waals surface area (Å²) in [5.41, 5.74) is 1.74. The molecule has 78 valence electrons. The Morgan fingerprint density at radius 2 is 2.06 bits per heavy atom. The largest absolute Gasteiger partial charge is 0.347 e. The number of unbranched alkanes of at least 4 members (excludes halogenated alkanes) is 1. The van der Waals surface area contributed by atoms with Crippen LogP contribution in [0.3, 0.4) is 0 Å². The number of aromatic nitrogens is 1. The van der Waals surface area contributed by atoms with E-state index in [0.29, 0.717) is 12.0 Å². The fourth-order valence-corrected chi connectivity index (χ4v) is 1.78. The van der Waals surface area contributed by atoms with Gasteiger partial charge in [0.05, 0.1) is 17.7 Å². The van der Waals surface area contributed by atoms with Gasteiger partial charge in [0.25, 0.3) is 0 Å². The third kappa shape index (κ3) is 1.89. The van der Waals surface area contributed by atoms with Crippen LogP contribution in [0.1, 0.15) is 18.4 Å². The summed E-state index contributed by atoms with van der Waals surface area (Å²) in [5, 5.41) is 18.5. The van der Waals surface area contributed by atoms with Crippen LogP contribution in [0, 0.1) is 22.7 Å². The van der Waals surface area contributed by atoms with E-state index in [-0.39, 0.29) is 0 Å². The highest BCUT2D eigenvalue weighted by molar-refractivity contribution is 5.81. The number of benzene rings is 1. The van der Waals surface area contributed by atoms with Crippen molar-refractivity contribution in [2.24, 2.45) is 0 Å². The first-order valence-electron chi connectivity index (χ1n) is 5.21. The molecule has 0 aliphatic carbocycles. The van der Waals surface area contributed by atoms with Crippen molar-refractivity contribution in [2.75, 3.05) is 0 Å². The zero-order valence-corrected chi connectivity index (χ0v) is 8.85. The molecule has 0 radical (unpaired) electrons. The molecule has 0 aliphatic rings. The smallest absolute Gasteiger partial charge is 0.0992 e. The first-order valence-corrected chi connectivity index (χ1v) is 5.21. The first-order chi connectivity index (χ1) is 7.85. The summed E-state index contributed by atoms with van der Waals surface area (Å²) in [5.74, 6) is 0. The number of hydrogen-bond acceptors (Lipinski definition) is 2. The minimum Gasteiger partial charge on any atom is -0.347 e. The monoisotopic (exact) mass is 209 g/mol. The molecule has 0 fully saturated rings. The molecule has 0 spiro atoms. The van der Waals surface area contributed by atoms with E-state index in [1.165, 1.54) is 0 Å². The van der Waals surface area contributed by atoms with Gasteiger partial charge in [0.2, 0.25) is 0 Å². The van der Waals surface area contributed by atoms with Gasteiger partial charge in [-0.05, 0) is 30.0 Å². The van der Waals surface area contributed by atoms with E-state index in [4.69, 9.17) is 10.5 Å². The summed E-state index contributed by atoms with van der Waals surface area (Å²) >= 11 is 0. The molecule has 1 heterocycles. The molecule has 3 nitrogen and oxygen atoms in total. The number of nitrogens with zero attached hydrogens (tertiary/aromatic N) is 3. The van der Waals surface area contributed by atoms with Crippen molar-refractivity contribution in [2.45, 2.75) is 19.4 Å². The van der Waals surface area contributed by atoms with Gasteiger partial charge in [0.15, 0.2) is 0 Å². The lowest BCUT2D eigenvalue weighted by Crippen LogP contribution is -1.95. The average molecular weight is 209 g/mol. The van der Waals surface area contributed by atoms with E-state index >= 15 is 0 Å². The summed E-state index contributed by atoms with van der Waals surface area (Å²) in [6.45, 7) is 0.825. The molecule has 0 amide bonds. The molecule has 1 aromatic carbocycles. The van der Waals surface area contributed by atoms with Crippen LogP contribution >= 0.6 is 0 Å². The number of fused-ring (bicyclic) bond motifs is 1. The van der Waals surface area contributed by atoms with Crippen LogP contribution in [-0.2, 0) is 6.54 Å². The minimum atomic E-state index is 0.567. The van der Waals surface area contributed by atoms with Gasteiger partial charge in [-0.3, -0.25) is 0 Å². The quantitative estimate of drug-likeness (QED) is 0.730. The fourth-order valence-electron chi connectivity index (χ4n) is 1.78. The van der Waals surface area contributed by atoms with E-state index in [0.717, 1.165) is 23.9 Å². The van der Waals surface area contributed by atoms with E-state index in [1.54, 1.807) is 0 Å². The highest BCUT2D eigenvalue weighted by Gasteiger charge is 2.01.